The van der Waals surface area contributed by atoms with Gasteiger partial charge in [-0.2, -0.15) is 0 Å². The second-order valence-electron chi connectivity index (χ2n) is 1.67. The fourth-order valence-corrected chi connectivity index (χ4v) is 0.655. The molecule has 0 bridgehead atoms. The van der Waals surface area contributed by atoms with E-state index in [1.807, 2.05) is 0 Å². The van der Waals surface area contributed by atoms with E-state index in [1.54, 1.807) is 0 Å². The summed E-state index contributed by atoms with van der Waals surface area (Å²) in [5.41, 5.74) is 0. The van der Waals surface area contributed by atoms with E-state index in [0.29, 0.717) is 5.92 Å². The van der Waals surface area contributed by atoms with Crippen LogP contribution < -0.4 is 0 Å². The summed E-state index contributed by atoms with van der Waals surface area (Å²) in [4.78, 5) is 0. The van der Waals surface area contributed by atoms with Crippen LogP contribution in [0.15, 0.2) is 0 Å². The third-order valence-corrected chi connectivity index (χ3v) is 0.661. The van der Waals surface area contributed by atoms with Crippen molar-refractivity contribution in [3.8, 4) is 0 Å². The predicted octanol–water partition coefficient (Wildman–Crippen LogP) is 1.97. The Hall–Kier alpha value is 0.440. The molecule has 0 unspecified atom stereocenters. The average Bonchev–Trinajstić information content (AvgIpc) is 1.35. The molecule has 6 heavy (non-hydrogen) atoms. The normalized spacial score (nSPS) is 10.0. The van der Waals surface area contributed by atoms with Gasteiger partial charge in [0.05, 0.1) is 22.9 Å². The Morgan fingerprint density at radius 3 is 2.17 bits per heavy atom. The molecule has 0 aromatic heterocycles. The molecule has 1 nitrogen and oxygen atoms in total. The van der Waals surface area contributed by atoms with Gasteiger partial charge < -0.3 is 3.83 Å². The molecule has 0 aromatic carbocycles. The molecule has 0 rings (SSSR count). The van der Waals surface area contributed by atoms with Crippen molar-refractivity contribution in [1.29, 1.82) is 0 Å². The average molecular weight is 153 g/mol. The summed E-state index contributed by atoms with van der Waals surface area (Å²) in [6.45, 7) is 4.99. The molecule has 38 valence electrons. The smallest absolute Gasteiger partial charge is 0.0987 e. The van der Waals surface area contributed by atoms with Gasteiger partial charge in [-0.25, -0.2) is 0 Å². The third-order valence-electron chi connectivity index (χ3n) is 0.396. The molecule has 0 saturated carbocycles. The minimum atomic E-state index is 0.629. The molecule has 0 saturated heterocycles. The third kappa shape index (κ3) is 4.44. The summed E-state index contributed by atoms with van der Waals surface area (Å²) in [5, 5.41) is 0. The van der Waals surface area contributed by atoms with Gasteiger partial charge in [0, 0.05) is 0 Å². The maximum absolute atomic E-state index is 4.62. The zero-order chi connectivity index (χ0) is 4.99. The van der Waals surface area contributed by atoms with Crippen molar-refractivity contribution in [2.45, 2.75) is 13.8 Å². The second kappa shape index (κ2) is 3.62. The quantitative estimate of drug-likeness (QED) is 0.589. The first kappa shape index (κ1) is 6.44. The van der Waals surface area contributed by atoms with Crippen LogP contribution in [0, 0.1) is 5.92 Å². The van der Waals surface area contributed by atoms with E-state index in [0.717, 1.165) is 6.61 Å². The Balaban J connectivity index is 2.63. The minimum absolute atomic E-state index is 0.629. The topological polar surface area (TPSA) is 9.23 Å². The molecular weight excluding hydrogens is 144 g/mol. The predicted molar refractivity (Wildman–Crippen MR) is 29.7 cm³/mol. The van der Waals surface area contributed by atoms with E-state index >= 15 is 0 Å². The summed E-state index contributed by atoms with van der Waals surface area (Å²) in [5.74, 6) is 0.629. The van der Waals surface area contributed by atoms with E-state index in [2.05, 4.69) is 33.9 Å². The molecule has 0 aromatic rings. The van der Waals surface area contributed by atoms with Crippen LogP contribution in [0.5, 0.6) is 0 Å². The highest BCUT2D eigenvalue weighted by Crippen LogP contribution is 1.94. The van der Waals surface area contributed by atoms with Crippen LogP contribution in [0.4, 0.5) is 0 Å². The molecule has 0 aliphatic heterocycles. The van der Waals surface area contributed by atoms with Gasteiger partial charge in [-0.3, -0.25) is 0 Å². The van der Waals surface area contributed by atoms with Crippen LogP contribution in [0.3, 0.4) is 0 Å². The lowest BCUT2D eigenvalue weighted by atomic mass is 10.2. The number of hydrogen-bond acceptors (Lipinski definition) is 1. The maximum atomic E-state index is 4.62. The van der Waals surface area contributed by atoms with Crippen LogP contribution in [-0.4, -0.2) is 6.61 Å². The molecule has 0 fully saturated rings. The Bertz CT molecular complexity index is 28.7. The summed E-state index contributed by atoms with van der Waals surface area (Å²) in [6, 6.07) is 0. The lowest BCUT2D eigenvalue weighted by Crippen LogP contribution is -1.92. The zero-order valence-corrected chi connectivity index (χ0v) is 5.66. The Kier molecular flexibility index (Phi) is 3.89. The second-order valence-corrected chi connectivity index (χ2v) is 2.13. The van der Waals surface area contributed by atoms with Gasteiger partial charge in [-0.05, 0) is 5.92 Å². The zero-order valence-electron chi connectivity index (χ0n) is 4.07. The fraction of sp³-hybridized carbons (Fsp3) is 1.00. The summed E-state index contributed by atoms with van der Waals surface area (Å²) in [7, 11) is 0. The van der Waals surface area contributed by atoms with Crippen molar-refractivity contribution >= 4 is 16.3 Å². The maximum Gasteiger partial charge on any atom is 0.0987 e. The van der Waals surface area contributed by atoms with Crippen molar-refractivity contribution in [2.75, 3.05) is 6.61 Å². The van der Waals surface area contributed by atoms with E-state index in [1.165, 1.54) is 0 Å². The van der Waals surface area contributed by atoms with Gasteiger partial charge in [-0.15, -0.1) is 0 Å². The van der Waals surface area contributed by atoms with Gasteiger partial charge in [0.15, 0.2) is 0 Å². The molecule has 0 amide bonds. The van der Waals surface area contributed by atoms with E-state index in [9.17, 15) is 0 Å². The highest BCUT2D eigenvalue weighted by molar-refractivity contribution is 9.06. The van der Waals surface area contributed by atoms with E-state index in [-0.39, 0.29) is 0 Å². The standard InChI is InChI=1S/C4H9BrO/c1-4(2)3-6-5/h4H,3H2,1-2H3. The number of hydrogen-bond donors (Lipinski definition) is 0. The Morgan fingerprint density at radius 2 is 2.17 bits per heavy atom. The Labute approximate surface area is 47.1 Å². The molecule has 0 aliphatic carbocycles. The van der Waals surface area contributed by atoms with Crippen LogP contribution in [0.1, 0.15) is 13.8 Å². The first-order valence-electron chi connectivity index (χ1n) is 2.01. The Morgan fingerprint density at radius 1 is 1.67 bits per heavy atom. The fourth-order valence-electron chi connectivity index (χ4n) is 0.126. The van der Waals surface area contributed by atoms with Gasteiger partial charge in [0.25, 0.3) is 0 Å². The van der Waals surface area contributed by atoms with Crippen molar-refractivity contribution in [1.82, 2.24) is 0 Å². The molecule has 0 atom stereocenters. The summed E-state index contributed by atoms with van der Waals surface area (Å²) in [6.07, 6.45) is 0. The van der Waals surface area contributed by atoms with Gasteiger partial charge in [0.1, 0.15) is 0 Å². The SMILES string of the molecule is CC(C)COBr. The van der Waals surface area contributed by atoms with Crippen LogP contribution in [-0.2, 0) is 3.83 Å². The molecule has 0 radical (unpaired) electrons. The number of rotatable bonds is 2. The van der Waals surface area contributed by atoms with Gasteiger partial charge in [-0.1, -0.05) is 13.8 Å². The van der Waals surface area contributed by atoms with E-state index < -0.39 is 0 Å². The largest absolute Gasteiger partial charge is 0.308 e. The highest BCUT2D eigenvalue weighted by Gasteiger charge is 1.87. The summed E-state index contributed by atoms with van der Waals surface area (Å²) >= 11 is 2.85. The molecular formula is C4H9BrO. The molecule has 0 N–H and O–H groups in total. The van der Waals surface area contributed by atoms with Crippen molar-refractivity contribution < 1.29 is 3.83 Å². The molecule has 0 spiro atoms. The van der Waals surface area contributed by atoms with Crippen molar-refractivity contribution in [2.24, 2.45) is 5.92 Å². The molecule has 0 aliphatic rings. The van der Waals surface area contributed by atoms with Crippen LogP contribution >= 0.6 is 16.3 Å². The molecule has 0 heterocycles. The summed E-state index contributed by atoms with van der Waals surface area (Å²) < 4.78 is 4.62. The molecule has 2 heteroatoms. The van der Waals surface area contributed by atoms with Gasteiger partial charge >= 0.3 is 0 Å². The highest BCUT2D eigenvalue weighted by atomic mass is 79.9. The van der Waals surface area contributed by atoms with Crippen LogP contribution in [0.2, 0.25) is 0 Å². The van der Waals surface area contributed by atoms with Crippen molar-refractivity contribution in [3.05, 3.63) is 0 Å². The van der Waals surface area contributed by atoms with Crippen LogP contribution in [0.25, 0.3) is 0 Å². The van der Waals surface area contributed by atoms with Crippen molar-refractivity contribution in [3.63, 3.8) is 0 Å². The van der Waals surface area contributed by atoms with E-state index in [4.69, 9.17) is 0 Å². The van der Waals surface area contributed by atoms with Gasteiger partial charge in [0.2, 0.25) is 0 Å². The first-order valence-corrected chi connectivity index (χ1v) is 2.65. The monoisotopic (exact) mass is 152 g/mol. The first-order chi connectivity index (χ1) is 2.77. The number of halogens is 1. The minimum Gasteiger partial charge on any atom is -0.308 e. The lowest BCUT2D eigenvalue weighted by molar-refractivity contribution is 0.333. The lowest BCUT2D eigenvalue weighted by Gasteiger charge is -1.95.